The number of nitrogens with one attached hydrogen (secondary N) is 1. The van der Waals surface area contributed by atoms with Crippen molar-refractivity contribution in [1.29, 1.82) is 0 Å². The Hall–Kier alpha value is -1.18. The van der Waals surface area contributed by atoms with Crippen LogP contribution in [0.25, 0.3) is 0 Å². The molecule has 4 N–H and O–H groups in total. The molecule has 0 aromatic rings. The highest BCUT2D eigenvalue weighted by atomic mass is 16.4. The van der Waals surface area contributed by atoms with Crippen LogP contribution in [0.3, 0.4) is 0 Å². The minimum absolute atomic E-state index is 0.0682. The van der Waals surface area contributed by atoms with Crippen LogP contribution in [0.15, 0.2) is 0 Å². The summed E-state index contributed by atoms with van der Waals surface area (Å²) in [4.78, 5) is 22.7. The maximum atomic E-state index is 12.2. The SMILES string of the molecule is C[C@H](CCC(=O)NCCC(=O)[O-])[C@H]1CC[C@H]2[C@@H]3[C@H](O)C[C@@H]4C[C@H](O)CC[C@]4(C)[C@H]3C[C@H](O)[C@]12C. The molecular formula is C27H44NO6-. The fourth-order valence-electron chi connectivity index (χ4n) is 9.08. The molecule has 0 unspecified atom stereocenters. The maximum Gasteiger partial charge on any atom is 0.220 e. The summed E-state index contributed by atoms with van der Waals surface area (Å²) in [6.07, 6.45) is 5.80. The maximum absolute atomic E-state index is 12.2. The van der Waals surface area contributed by atoms with Crippen LogP contribution in [0, 0.1) is 46.3 Å². The number of aliphatic hydroxyl groups excluding tert-OH is 3. The van der Waals surface area contributed by atoms with Gasteiger partial charge >= 0.3 is 0 Å². The van der Waals surface area contributed by atoms with E-state index < -0.39 is 12.1 Å². The zero-order chi connectivity index (χ0) is 24.8. The molecular weight excluding hydrogens is 434 g/mol. The summed E-state index contributed by atoms with van der Waals surface area (Å²) in [7, 11) is 0. The number of amides is 1. The average molecular weight is 479 g/mol. The van der Waals surface area contributed by atoms with Crippen LogP contribution in [-0.4, -0.2) is 52.1 Å². The highest BCUT2D eigenvalue weighted by Gasteiger charge is 2.65. The first-order valence-corrected chi connectivity index (χ1v) is 13.5. The van der Waals surface area contributed by atoms with Gasteiger partial charge in [0.2, 0.25) is 5.91 Å². The fraction of sp³-hybridized carbons (Fsp3) is 0.926. The number of aliphatic carboxylic acids is 1. The predicted octanol–water partition coefficient (Wildman–Crippen LogP) is 1.62. The van der Waals surface area contributed by atoms with Gasteiger partial charge in [-0.25, -0.2) is 0 Å². The summed E-state index contributed by atoms with van der Waals surface area (Å²) in [5.74, 6) is 0.287. The zero-order valence-corrected chi connectivity index (χ0v) is 21.0. The zero-order valence-electron chi connectivity index (χ0n) is 21.0. The number of carbonyl (C=O) groups is 2. The molecule has 0 spiro atoms. The average Bonchev–Trinajstić information content (AvgIpc) is 3.12. The van der Waals surface area contributed by atoms with Crippen molar-refractivity contribution in [2.75, 3.05) is 6.54 Å². The Morgan fingerprint density at radius 1 is 1.03 bits per heavy atom. The van der Waals surface area contributed by atoms with Gasteiger partial charge in [-0.1, -0.05) is 20.8 Å². The quantitative estimate of drug-likeness (QED) is 0.440. The minimum atomic E-state index is -1.17. The number of aliphatic hydroxyl groups is 3. The summed E-state index contributed by atoms with van der Waals surface area (Å²) in [5.41, 5.74) is -0.205. The molecule has 0 saturated heterocycles. The van der Waals surface area contributed by atoms with Crippen LogP contribution >= 0.6 is 0 Å². The van der Waals surface area contributed by atoms with Crippen molar-refractivity contribution in [3.8, 4) is 0 Å². The van der Waals surface area contributed by atoms with Crippen molar-refractivity contribution in [3.05, 3.63) is 0 Å². The summed E-state index contributed by atoms with van der Waals surface area (Å²) >= 11 is 0. The van der Waals surface area contributed by atoms with Gasteiger partial charge in [0, 0.05) is 25.4 Å². The lowest BCUT2D eigenvalue weighted by Gasteiger charge is -2.63. The van der Waals surface area contributed by atoms with E-state index in [0.717, 1.165) is 38.5 Å². The Labute approximate surface area is 203 Å². The van der Waals surface area contributed by atoms with E-state index in [0.29, 0.717) is 25.2 Å². The van der Waals surface area contributed by atoms with Gasteiger partial charge in [-0.15, -0.1) is 0 Å². The minimum Gasteiger partial charge on any atom is -0.550 e. The number of carbonyl (C=O) groups excluding carboxylic acids is 2. The summed E-state index contributed by atoms with van der Waals surface area (Å²) < 4.78 is 0. The largest absolute Gasteiger partial charge is 0.550 e. The van der Waals surface area contributed by atoms with Crippen LogP contribution < -0.4 is 10.4 Å². The molecule has 11 atom stereocenters. The third kappa shape index (κ3) is 4.41. The molecule has 0 bridgehead atoms. The van der Waals surface area contributed by atoms with Crippen molar-refractivity contribution in [3.63, 3.8) is 0 Å². The van der Waals surface area contributed by atoms with Gasteiger partial charge in [-0.05, 0) is 97.7 Å². The van der Waals surface area contributed by atoms with Gasteiger partial charge in [-0.2, -0.15) is 0 Å². The second-order valence-corrected chi connectivity index (χ2v) is 12.5. The Morgan fingerprint density at radius 2 is 1.76 bits per heavy atom. The van der Waals surface area contributed by atoms with Crippen LogP contribution in [0.1, 0.15) is 85.0 Å². The third-order valence-corrected chi connectivity index (χ3v) is 11.0. The molecule has 194 valence electrons. The van der Waals surface area contributed by atoms with E-state index in [-0.39, 0.29) is 71.5 Å². The van der Waals surface area contributed by atoms with E-state index in [2.05, 4.69) is 26.1 Å². The lowest BCUT2D eigenvalue weighted by molar-refractivity contribution is -0.305. The van der Waals surface area contributed by atoms with Crippen LogP contribution in [0.4, 0.5) is 0 Å². The first-order valence-electron chi connectivity index (χ1n) is 13.5. The number of hydrogen-bond donors (Lipinski definition) is 4. The van der Waals surface area contributed by atoms with Crippen molar-refractivity contribution in [1.82, 2.24) is 5.32 Å². The molecule has 4 fully saturated rings. The van der Waals surface area contributed by atoms with Crippen molar-refractivity contribution in [2.24, 2.45) is 46.3 Å². The molecule has 0 aromatic carbocycles. The predicted molar refractivity (Wildman–Crippen MR) is 125 cm³/mol. The summed E-state index contributed by atoms with van der Waals surface area (Å²) in [6.45, 7) is 6.83. The van der Waals surface area contributed by atoms with E-state index in [1.54, 1.807) is 0 Å². The molecule has 0 aromatic heterocycles. The first-order chi connectivity index (χ1) is 16.0. The van der Waals surface area contributed by atoms with Gasteiger partial charge in [0.05, 0.1) is 18.3 Å². The molecule has 34 heavy (non-hydrogen) atoms. The van der Waals surface area contributed by atoms with Gasteiger partial charge in [-0.3, -0.25) is 4.79 Å². The Morgan fingerprint density at radius 3 is 2.47 bits per heavy atom. The van der Waals surface area contributed by atoms with Crippen molar-refractivity contribution >= 4 is 11.9 Å². The third-order valence-electron chi connectivity index (χ3n) is 11.0. The molecule has 0 aliphatic heterocycles. The first kappa shape index (κ1) is 25.9. The molecule has 4 saturated carbocycles. The summed E-state index contributed by atoms with van der Waals surface area (Å²) in [6, 6.07) is 0. The second kappa shape index (κ2) is 9.70. The number of carboxylic acids is 1. The van der Waals surface area contributed by atoms with Gasteiger partial charge in [0.15, 0.2) is 0 Å². The van der Waals surface area contributed by atoms with Crippen LogP contribution in [0.2, 0.25) is 0 Å². The normalized spacial score (nSPS) is 46.6. The van der Waals surface area contributed by atoms with Crippen LogP contribution in [-0.2, 0) is 9.59 Å². The topological polar surface area (TPSA) is 130 Å². The number of rotatable bonds is 7. The van der Waals surface area contributed by atoms with E-state index in [9.17, 15) is 30.0 Å². The lowest BCUT2D eigenvalue weighted by atomic mass is 9.43. The fourth-order valence-corrected chi connectivity index (χ4v) is 9.08. The Bertz CT molecular complexity index is 774. The van der Waals surface area contributed by atoms with Gasteiger partial charge in [0.1, 0.15) is 0 Å². The van der Waals surface area contributed by atoms with Crippen LogP contribution in [0.5, 0.6) is 0 Å². The highest BCUT2D eigenvalue weighted by Crippen LogP contribution is 2.68. The molecule has 1 amide bonds. The van der Waals surface area contributed by atoms with Crippen molar-refractivity contribution in [2.45, 2.75) is 103 Å². The monoisotopic (exact) mass is 478 g/mol. The number of fused-ring (bicyclic) bond motifs is 5. The second-order valence-electron chi connectivity index (χ2n) is 12.5. The molecule has 7 heteroatoms. The summed E-state index contributed by atoms with van der Waals surface area (Å²) in [5, 5.41) is 46.4. The Kier molecular flexibility index (Phi) is 7.39. The smallest absolute Gasteiger partial charge is 0.220 e. The van der Waals surface area contributed by atoms with E-state index in [1.165, 1.54) is 0 Å². The molecule has 4 aliphatic rings. The van der Waals surface area contributed by atoms with E-state index >= 15 is 0 Å². The lowest BCUT2D eigenvalue weighted by Crippen LogP contribution is -2.62. The molecule has 4 aliphatic carbocycles. The van der Waals surface area contributed by atoms with Crippen molar-refractivity contribution < 1.29 is 30.0 Å². The molecule has 0 heterocycles. The van der Waals surface area contributed by atoms with Gasteiger partial charge in [0.25, 0.3) is 0 Å². The number of carboxylic acid groups (broad SMARTS) is 1. The molecule has 0 radical (unpaired) electrons. The standard InChI is InChI=1S/C27H45NO6/c1-15(4-7-23(32)28-11-9-24(33)34)18-5-6-19-25-20(14-22(31)27(18,19)3)26(2)10-8-17(29)12-16(26)13-21(25)30/h15-22,25,29-31H,4-14H2,1-3H3,(H,28,32)(H,33,34)/p-1/t15-,16+,17-,18-,19+,20+,21-,22+,25+,26+,27-/m1/s1. The van der Waals surface area contributed by atoms with E-state index in [1.807, 2.05) is 0 Å². The Balaban J connectivity index is 1.45. The highest BCUT2D eigenvalue weighted by molar-refractivity contribution is 5.76. The number of hydrogen-bond acceptors (Lipinski definition) is 6. The molecule has 4 rings (SSSR count). The molecule has 7 nitrogen and oxygen atoms in total. The van der Waals surface area contributed by atoms with Gasteiger partial charge < -0.3 is 30.5 Å². The van der Waals surface area contributed by atoms with E-state index in [4.69, 9.17) is 0 Å².